The summed E-state index contributed by atoms with van der Waals surface area (Å²) >= 11 is 0. The van der Waals surface area contributed by atoms with Crippen LogP contribution < -0.4 is 15.6 Å². The van der Waals surface area contributed by atoms with E-state index in [1.807, 2.05) is 43.3 Å². The van der Waals surface area contributed by atoms with Crippen molar-refractivity contribution in [1.82, 2.24) is 15.7 Å². The molecular weight excluding hydrogens is 306 g/mol. The highest BCUT2D eigenvalue weighted by Crippen LogP contribution is 2.10. The van der Waals surface area contributed by atoms with Crippen LogP contribution >= 0.6 is 0 Å². The number of nitrogens with zero attached hydrogens (tertiary/aromatic N) is 3. The van der Waals surface area contributed by atoms with Crippen molar-refractivity contribution >= 4 is 23.7 Å². The standard InChI is InChI=1S/C17H19N5O2/c1-22(2)14-8-6-13(7-9-14)11-20-21-16(23)12-19-17(24)15-5-3-4-10-18-15/h3-11H,12H2,1-2H3,(H,19,24)(H,21,23)/b20-11-. The molecule has 1 aromatic carbocycles. The molecular formula is C17H19N5O2. The summed E-state index contributed by atoms with van der Waals surface area (Å²) in [5, 5.41) is 6.34. The predicted molar refractivity (Wildman–Crippen MR) is 93.1 cm³/mol. The lowest BCUT2D eigenvalue weighted by atomic mass is 10.2. The topological polar surface area (TPSA) is 86.7 Å². The zero-order valence-corrected chi connectivity index (χ0v) is 13.6. The molecule has 0 atom stereocenters. The molecule has 124 valence electrons. The van der Waals surface area contributed by atoms with Gasteiger partial charge in [0, 0.05) is 26.0 Å². The van der Waals surface area contributed by atoms with E-state index in [2.05, 4.69) is 20.8 Å². The van der Waals surface area contributed by atoms with Crippen molar-refractivity contribution in [2.45, 2.75) is 0 Å². The number of nitrogens with one attached hydrogen (secondary N) is 2. The molecule has 0 spiro atoms. The molecule has 7 nitrogen and oxygen atoms in total. The molecule has 1 aromatic heterocycles. The zero-order valence-electron chi connectivity index (χ0n) is 13.6. The van der Waals surface area contributed by atoms with Crippen LogP contribution in [0.4, 0.5) is 5.69 Å². The molecule has 0 saturated heterocycles. The number of benzene rings is 1. The molecule has 2 rings (SSSR count). The third-order valence-electron chi connectivity index (χ3n) is 3.12. The van der Waals surface area contributed by atoms with Gasteiger partial charge in [-0.15, -0.1) is 0 Å². The Morgan fingerprint density at radius 2 is 1.92 bits per heavy atom. The number of hydrogen-bond acceptors (Lipinski definition) is 5. The van der Waals surface area contributed by atoms with Crippen molar-refractivity contribution in [3.05, 3.63) is 59.9 Å². The molecule has 0 unspecified atom stereocenters. The number of hydrogen-bond donors (Lipinski definition) is 2. The maximum atomic E-state index is 11.7. The second-order valence-corrected chi connectivity index (χ2v) is 5.18. The first-order chi connectivity index (χ1) is 11.6. The van der Waals surface area contributed by atoms with Gasteiger partial charge in [-0.25, -0.2) is 5.43 Å². The lowest BCUT2D eigenvalue weighted by molar-refractivity contribution is -0.120. The first-order valence-electron chi connectivity index (χ1n) is 7.35. The lowest BCUT2D eigenvalue weighted by Crippen LogP contribution is -2.35. The van der Waals surface area contributed by atoms with E-state index in [4.69, 9.17) is 0 Å². The Balaban J connectivity index is 1.77. The average molecular weight is 325 g/mol. The number of aromatic nitrogens is 1. The van der Waals surface area contributed by atoms with Crippen LogP contribution in [-0.4, -0.2) is 43.7 Å². The normalized spacial score (nSPS) is 10.4. The summed E-state index contributed by atoms with van der Waals surface area (Å²) < 4.78 is 0. The highest BCUT2D eigenvalue weighted by Gasteiger charge is 2.07. The molecule has 0 aliphatic carbocycles. The fourth-order valence-corrected chi connectivity index (χ4v) is 1.83. The number of carbonyl (C=O) groups is 2. The van der Waals surface area contributed by atoms with Gasteiger partial charge < -0.3 is 10.2 Å². The van der Waals surface area contributed by atoms with Gasteiger partial charge in [0.1, 0.15) is 5.69 Å². The van der Waals surface area contributed by atoms with E-state index >= 15 is 0 Å². The molecule has 0 radical (unpaired) electrons. The van der Waals surface area contributed by atoms with Crippen molar-refractivity contribution in [3.63, 3.8) is 0 Å². The molecule has 24 heavy (non-hydrogen) atoms. The largest absolute Gasteiger partial charge is 0.378 e. The van der Waals surface area contributed by atoms with E-state index in [0.29, 0.717) is 0 Å². The van der Waals surface area contributed by atoms with Gasteiger partial charge in [-0.05, 0) is 29.8 Å². The van der Waals surface area contributed by atoms with Gasteiger partial charge in [0.05, 0.1) is 12.8 Å². The monoisotopic (exact) mass is 325 g/mol. The first-order valence-corrected chi connectivity index (χ1v) is 7.35. The van der Waals surface area contributed by atoms with Crippen LogP contribution in [0.1, 0.15) is 16.1 Å². The Morgan fingerprint density at radius 1 is 1.17 bits per heavy atom. The zero-order chi connectivity index (χ0) is 17.4. The van der Waals surface area contributed by atoms with E-state index in [1.54, 1.807) is 18.2 Å². The van der Waals surface area contributed by atoms with Crippen LogP contribution in [0.25, 0.3) is 0 Å². The summed E-state index contributed by atoms with van der Waals surface area (Å²) in [5.74, 6) is -0.825. The molecule has 2 N–H and O–H groups in total. The second-order valence-electron chi connectivity index (χ2n) is 5.18. The quantitative estimate of drug-likeness (QED) is 0.613. The van der Waals surface area contributed by atoms with E-state index in [-0.39, 0.29) is 12.2 Å². The lowest BCUT2D eigenvalue weighted by Gasteiger charge is -2.11. The summed E-state index contributed by atoms with van der Waals surface area (Å²) in [6, 6.07) is 12.7. The minimum Gasteiger partial charge on any atom is -0.378 e. The van der Waals surface area contributed by atoms with Crippen molar-refractivity contribution in [2.75, 3.05) is 25.5 Å². The summed E-state index contributed by atoms with van der Waals surface area (Å²) in [6.07, 6.45) is 3.05. The fourth-order valence-electron chi connectivity index (χ4n) is 1.83. The number of rotatable bonds is 6. The van der Waals surface area contributed by atoms with Crippen LogP contribution in [0.15, 0.2) is 53.8 Å². The molecule has 7 heteroatoms. The molecule has 0 fully saturated rings. The molecule has 0 aliphatic rings. The second kappa shape index (κ2) is 8.42. The van der Waals surface area contributed by atoms with Crippen molar-refractivity contribution in [1.29, 1.82) is 0 Å². The van der Waals surface area contributed by atoms with E-state index in [0.717, 1.165) is 11.3 Å². The Kier molecular flexibility index (Phi) is 6.01. The van der Waals surface area contributed by atoms with Gasteiger partial charge in [0.15, 0.2) is 0 Å². The van der Waals surface area contributed by atoms with Crippen LogP contribution in [0.5, 0.6) is 0 Å². The molecule has 0 aliphatic heterocycles. The van der Waals surface area contributed by atoms with Crippen LogP contribution in [0, 0.1) is 0 Å². The van der Waals surface area contributed by atoms with Gasteiger partial charge in [-0.2, -0.15) is 5.10 Å². The van der Waals surface area contributed by atoms with E-state index < -0.39 is 11.8 Å². The summed E-state index contributed by atoms with van der Waals surface area (Å²) in [6.45, 7) is -0.174. The third-order valence-corrected chi connectivity index (χ3v) is 3.12. The van der Waals surface area contributed by atoms with Gasteiger partial charge in [0.25, 0.3) is 11.8 Å². The van der Waals surface area contributed by atoms with Crippen LogP contribution in [0.2, 0.25) is 0 Å². The van der Waals surface area contributed by atoms with Crippen molar-refractivity contribution in [2.24, 2.45) is 5.10 Å². The van der Waals surface area contributed by atoms with Gasteiger partial charge in [0.2, 0.25) is 0 Å². The van der Waals surface area contributed by atoms with Gasteiger partial charge in [-0.3, -0.25) is 14.6 Å². The summed E-state index contributed by atoms with van der Waals surface area (Å²) in [5.41, 5.74) is 4.56. The first kappa shape index (κ1) is 17.1. The average Bonchev–Trinajstić information content (AvgIpc) is 2.61. The number of amides is 2. The van der Waals surface area contributed by atoms with E-state index in [9.17, 15) is 9.59 Å². The van der Waals surface area contributed by atoms with E-state index in [1.165, 1.54) is 12.4 Å². The maximum absolute atomic E-state index is 11.7. The fraction of sp³-hybridized carbons (Fsp3) is 0.176. The number of pyridine rings is 1. The highest BCUT2D eigenvalue weighted by molar-refractivity contribution is 5.94. The summed E-state index contributed by atoms with van der Waals surface area (Å²) in [7, 11) is 3.92. The Labute approximate surface area is 140 Å². The maximum Gasteiger partial charge on any atom is 0.270 e. The Hall–Kier alpha value is -3.22. The smallest absolute Gasteiger partial charge is 0.270 e. The highest BCUT2D eigenvalue weighted by atomic mass is 16.2. The SMILES string of the molecule is CN(C)c1ccc(/C=N\NC(=O)CNC(=O)c2ccccn2)cc1. The number of hydrazone groups is 1. The minimum atomic E-state index is -0.416. The molecule has 0 saturated carbocycles. The molecule has 0 bridgehead atoms. The molecule has 2 amide bonds. The predicted octanol–water partition coefficient (Wildman–Crippen LogP) is 1.03. The molecule has 1 heterocycles. The van der Waals surface area contributed by atoms with Crippen molar-refractivity contribution < 1.29 is 9.59 Å². The van der Waals surface area contributed by atoms with Crippen LogP contribution in [0.3, 0.4) is 0 Å². The number of anilines is 1. The van der Waals surface area contributed by atoms with Crippen LogP contribution in [-0.2, 0) is 4.79 Å². The molecule has 2 aromatic rings. The van der Waals surface area contributed by atoms with Crippen molar-refractivity contribution in [3.8, 4) is 0 Å². The Morgan fingerprint density at radius 3 is 2.54 bits per heavy atom. The summed E-state index contributed by atoms with van der Waals surface area (Å²) in [4.78, 5) is 29.3. The minimum absolute atomic E-state index is 0.174. The third kappa shape index (κ3) is 5.20. The number of carbonyl (C=O) groups excluding carboxylic acids is 2. The van der Waals surface area contributed by atoms with Gasteiger partial charge in [-0.1, -0.05) is 18.2 Å². The van der Waals surface area contributed by atoms with Gasteiger partial charge >= 0.3 is 0 Å². The Bertz CT molecular complexity index is 712.